The molecule has 5 N–H and O–H groups in total. The maximum atomic E-state index is 12.5. The predicted octanol–water partition coefficient (Wildman–Crippen LogP) is -5.96. The van der Waals surface area contributed by atoms with E-state index in [2.05, 4.69) is 10.6 Å². The maximum absolute atomic E-state index is 12.5. The van der Waals surface area contributed by atoms with Crippen LogP contribution in [0.1, 0.15) is 17.3 Å². The van der Waals surface area contributed by atoms with Crippen LogP contribution in [0.2, 0.25) is 0 Å². The fourth-order valence-corrected chi connectivity index (χ4v) is 2.82. The summed E-state index contributed by atoms with van der Waals surface area (Å²) in [4.78, 5) is 35.4. The molecule has 1 aliphatic heterocycles. The zero-order valence-electron chi connectivity index (χ0n) is 15.9. The Morgan fingerprint density at radius 2 is 1.79 bits per heavy atom. The van der Waals surface area contributed by atoms with E-state index < -0.39 is 60.5 Å². The van der Waals surface area contributed by atoms with Gasteiger partial charge in [-0.3, -0.25) is 9.59 Å². The van der Waals surface area contributed by atoms with Crippen LogP contribution < -0.4 is 45.3 Å². The van der Waals surface area contributed by atoms with Crippen molar-refractivity contribution in [2.24, 2.45) is 0 Å². The van der Waals surface area contributed by atoms with Crippen LogP contribution >= 0.6 is 0 Å². The first-order chi connectivity index (χ1) is 13.2. The first-order valence-corrected chi connectivity index (χ1v) is 8.44. The van der Waals surface area contributed by atoms with Gasteiger partial charge in [0.25, 0.3) is 5.91 Å². The largest absolute Gasteiger partial charge is 1.00 e. The number of nitrogens with one attached hydrogen (secondary N) is 2. The number of aliphatic hydroxyl groups excluding tert-OH is 3. The molecule has 5 atom stereocenters. The van der Waals surface area contributed by atoms with E-state index in [1.807, 2.05) is 0 Å². The molecule has 1 aliphatic rings. The average molecular weight is 416 g/mol. The fourth-order valence-electron chi connectivity index (χ4n) is 2.82. The van der Waals surface area contributed by atoms with Crippen molar-refractivity contribution in [3.8, 4) is 0 Å². The third-order valence-electron chi connectivity index (χ3n) is 4.16. The van der Waals surface area contributed by atoms with Crippen LogP contribution in [-0.2, 0) is 14.3 Å². The molecule has 2 rings (SSSR count). The van der Waals surface area contributed by atoms with Gasteiger partial charge in [-0.25, -0.2) is 0 Å². The van der Waals surface area contributed by atoms with Crippen molar-refractivity contribution >= 4 is 17.8 Å². The summed E-state index contributed by atoms with van der Waals surface area (Å²) in [5.41, 5.74) is 0.284. The molecule has 0 saturated carbocycles. The molecule has 0 bridgehead atoms. The Hall–Kier alpha value is -1.95. The van der Waals surface area contributed by atoms with E-state index in [-0.39, 0.29) is 35.1 Å². The molecule has 10 nitrogen and oxygen atoms in total. The Morgan fingerprint density at radius 3 is 2.31 bits per heavy atom. The van der Waals surface area contributed by atoms with E-state index in [4.69, 9.17) is 9.84 Å². The Labute approximate surface area is 188 Å². The van der Waals surface area contributed by atoms with E-state index in [0.717, 1.165) is 6.08 Å². The maximum Gasteiger partial charge on any atom is 1.00 e. The molecule has 2 amide bonds. The molecule has 0 saturated heterocycles. The number of carboxylic acid groups (broad SMARTS) is 1. The minimum atomic E-state index is -1.76. The summed E-state index contributed by atoms with van der Waals surface area (Å²) in [5, 5.41) is 45.4. The Kier molecular flexibility index (Phi) is 9.77. The number of carbonyl (C=O) groups excluding carboxylic acids is 3. The second kappa shape index (κ2) is 11.3. The number of hydrogen-bond donors (Lipinski definition) is 5. The monoisotopic (exact) mass is 416 g/mol. The molecular formula is C18H21N2NaO8. The summed E-state index contributed by atoms with van der Waals surface area (Å²) >= 11 is 0. The molecule has 1 aromatic rings. The van der Waals surface area contributed by atoms with Crippen molar-refractivity contribution in [2.45, 2.75) is 37.3 Å². The van der Waals surface area contributed by atoms with Gasteiger partial charge >= 0.3 is 29.6 Å². The summed E-state index contributed by atoms with van der Waals surface area (Å²) < 4.78 is 5.18. The molecule has 0 unspecified atom stereocenters. The van der Waals surface area contributed by atoms with Crippen molar-refractivity contribution in [1.29, 1.82) is 0 Å². The Bertz CT molecular complexity index is 757. The van der Waals surface area contributed by atoms with Gasteiger partial charge in [-0.2, -0.15) is 0 Å². The minimum absolute atomic E-state index is 0. The smallest absolute Gasteiger partial charge is 0.542 e. The molecule has 0 aliphatic carbocycles. The van der Waals surface area contributed by atoms with Crippen LogP contribution in [0.25, 0.3) is 0 Å². The number of amides is 2. The van der Waals surface area contributed by atoms with Gasteiger partial charge in [0.1, 0.15) is 30.0 Å². The van der Waals surface area contributed by atoms with E-state index in [1.165, 1.54) is 19.1 Å². The normalized spacial score (nSPS) is 22.8. The molecule has 29 heavy (non-hydrogen) atoms. The standard InChI is InChI=1S/C18H22N2O8.Na/c1-9(22)19-14-11(20-17(25)10-5-3-2-4-6-10)7-13(18(26)27)28-16(14)15(24)12(23)8-21;/h2-7,11-12,14-16,21,23-24H,8H2,1H3,(H,19,22)(H,20,25)(H,26,27);/q;+1/p-1/t11-,12+,14+,15+,16+;/m0./s1. The molecular weight excluding hydrogens is 395 g/mol. The third kappa shape index (κ3) is 6.53. The zero-order valence-corrected chi connectivity index (χ0v) is 17.9. The number of rotatable bonds is 7. The molecule has 0 fully saturated rings. The first kappa shape index (κ1) is 25.1. The van der Waals surface area contributed by atoms with Gasteiger partial charge in [0.2, 0.25) is 5.91 Å². The molecule has 152 valence electrons. The van der Waals surface area contributed by atoms with Gasteiger partial charge in [-0.15, -0.1) is 0 Å². The molecule has 0 radical (unpaired) electrons. The molecule has 0 spiro atoms. The van der Waals surface area contributed by atoms with Crippen molar-refractivity contribution in [2.75, 3.05) is 6.61 Å². The Morgan fingerprint density at radius 1 is 1.17 bits per heavy atom. The van der Waals surface area contributed by atoms with E-state index in [1.54, 1.807) is 18.2 Å². The van der Waals surface area contributed by atoms with Gasteiger partial charge in [-0.05, 0) is 18.2 Å². The number of ether oxygens (including phenoxy) is 1. The van der Waals surface area contributed by atoms with Gasteiger partial charge < -0.3 is 40.6 Å². The van der Waals surface area contributed by atoms with E-state index in [0.29, 0.717) is 0 Å². The van der Waals surface area contributed by atoms with E-state index >= 15 is 0 Å². The van der Waals surface area contributed by atoms with Crippen LogP contribution in [-0.4, -0.2) is 70.1 Å². The number of benzene rings is 1. The number of aliphatic hydroxyl groups is 3. The number of carbonyl (C=O) groups is 3. The van der Waals surface area contributed by atoms with Crippen molar-refractivity contribution in [3.63, 3.8) is 0 Å². The SMILES string of the molecule is CC(=O)N[C@H]1[C@H]([C@H](O)[C@H](O)CO)OC(C(=O)[O-])=C[C@@H]1NC(=O)c1ccccc1.[Na+]. The van der Waals surface area contributed by atoms with Crippen LogP contribution in [0.3, 0.4) is 0 Å². The molecule has 1 aromatic carbocycles. The van der Waals surface area contributed by atoms with Gasteiger partial charge in [-0.1, -0.05) is 18.2 Å². The number of carboxylic acids is 1. The average Bonchev–Trinajstić information content (AvgIpc) is 2.67. The summed E-state index contributed by atoms with van der Waals surface area (Å²) in [7, 11) is 0. The van der Waals surface area contributed by atoms with Gasteiger partial charge in [0.05, 0.1) is 18.7 Å². The van der Waals surface area contributed by atoms with Crippen molar-refractivity contribution in [3.05, 3.63) is 47.7 Å². The summed E-state index contributed by atoms with van der Waals surface area (Å²) in [5.74, 6) is -3.51. The van der Waals surface area contributed by atoms with Crippen LogP contribution in [0, 0.1) is 0 Å². The number of aliphatic carboxylic acids is 1. The predicted molar refractivity (Wildman–Crippen MR) is 92.4 cm³/mol. The van der Waals surface area contributed by atoms with Crippen molar-refractivity contribution < 1.29 is 69.1 Å². The topological polar surface area (TPSA) is 168 Å². The Balaban J connectivity index is 0.00000420. The quantitative estimate of drug-likeness (QED) is 0.274. The van der Waals surface area contributed by atoms with Gasteiger partial charge in [0.15, 0.2) is 0 Å². The molecule has 1 heterocycles. The molecule has 11 heteroatoms. The summed E-state index contributed by atoms with van der Waals surface area (Å²) in [6.07, 6.45) is -3.88. The van der Waals surface area contributed by atoms with Crippen LogP contribution in [0.15, 0.2) is 42.2 Å². The minimum Gasteiger partial charge on any atom is -0.542 e. The summed E-state index contributed by atoms with van der Waals surface area (Å²) in [6, 6.07) is 5.81. The van der Waals surface area contributed by atoms with Crippen LogP contribution in [0.5, 0.6) is 0 Å². The van der Waals surface area contributed by atoms with Crippen LogP contribution in [0.4, 0.5) is 0 Å². The second-order valence-electron chi connectivity index (χ2n) is 6.23. The van der Waals surface area contributed by atoms with Crippen molar-refractivity contribution in [1.82, 2.24) is 10.6 Å². The molecule has 0 aromatic heterocycles. The third-order valence-corrected chi connectivity index (χ3v) is 4.16. The van der Waals surface area contributed by atoms with Gasteiger partial charge in [0, 0.05) is 12.5 Å². The van der Waals surface area contributed by atoms with E-state index in [9.17, 15) is 29.7 Å². The first-order valence-electron chi connectivity index (χ1n) is 8.44. The summed E-state index contributed by atoms with van der Waals surface area (Å²) in [6.45, 7) is 0.346. The zero-order chi connectivity index (χ0) is 20.8. The number of hydrogen-bond acceptors (Lipinski definition) is 8. The fraction of sp³-hybridized carbons (Fsp3) is 0.389. The second-order valence-corrected chi connectivity index (χ2v) is 6.23.